The van der Waals surface area contributed by atoms with Gasteiger partial charge in [-0.2, -0.15) is 0 Å². The maximum Gasteiger partial charge on any atom is 0.239 e. The Kier molecular flexibility index (Phi) is 3.68. The van der Waals surface area contributed by atoms with E-state index in [2.05, 4.69) is 5.32 Å². The summed E-state index contributed by atoms with van der Waals surface area (Å²) in [4.78, 5) is 14.0. The molecule has 21 heavy (non-hydrogen) atoms. The van der Waals surface area contributed by atoms with Crippen LogP contribution >= 0.6 is 0 Å². The van der Waals surface area contributed by atoms with Gasteiger partial charge in [0, 0.05) is 11.8 Å². The van der Waals surface area contributed by atoms with Crippen LogP contribution in [-0.2, 0) is 11.3 Å². The van der Waals surface area contributed by atoms with Gasteiger partial charge in [0.05, 0.1) is 31.6 Å². The highest BCUT2D eigenvalue weighted by Gasteiger charge is 2.20. The molecule has 0 saturated carbocycles. The van der Waals surface area contributed by atoms with E-state index in [-0.39, 0.29) is 12.5 Å². The monoisotopic (exact) mass is 287 g/mol. The number of carbonyl (C=O) groups is 1. The van der Waals surface area contributed by atoms with Crippen LogP contribution in [-0.4, -0.2) is 25.6 Å². The molecule has 0 spiro atoms. The highest BCUT2D eigenvalue weighted by Crippen LogP contribution is 2.32. The van der Waals surface area contributed by atoms with Gasteiger partial charge in [-0.25, -0.2) is 0 Å². The minimum Gasteiger partial charge on any atom is -0.489 e. The number of nitrogen functional groups attached to an aromatic ring is 1. The van der Waals surface area contributed by atoms with Crippen LogP contribution < -0.4 is 20.7 Å². The van der Waals surface area contributed by atoms with E-state index in [9.17, 15) is 4.79 Å². The number of benzene rings is 1. The van der Waals surface area contributed by atoms with Crippen molar-refractivity contribution in [2.45, 2.75) is 6.54 Å². The zero-order chi connectivity index (χ0) is 14.7. The lowest BCUT2D eigenvalue weighted by Crippen LogP contribution is -2.41. The Morgan fingerprint density at radius 3 is 3.10 bits per heavy atom. The highest BCUT2D eigenvalue weighted by atomic mass is 16.5. The molecule has 1 amide bonds. The molecule has 0 fully saturated rings. The molecule has 1 aliphatic rings. The number of nitrogens with two attached hydrogens (primary N) is 1. The van der Waals surface area contributed by atoms with Gasteiger partial charge in [-0.05, 0) is 24.3 Å². The van der Waals surface area contributed by atoms with Crippen LogP contribution in [0.4, 0.5) is 11.4 Å². The molecule has 1 aromatic carbocycles. The second kappa shape index (κ2) is 5.78. The van der Waals surface area contributed by atoms with E-state index in [4.69, 9.17) is 14.9 Å². The molecule has 1 aromatic heterocycles. The van der Waals surface area contributed by atoms with E-state index in [0.717, 1.165) is 17.2 Å². The van der Waals surface area contributed by atoms with Crippen LogP contribution in [0.5, 0.6) is 5.75 Å². The first kappa shape index (κ1) is 13.4. The molecule has 1 aliphatic heterocycles. The molecular formula is C15H17N3O3. The van der Waals surface area contributed by atoms with Crippen molar-refractivity contribution in [1.82, 2.24) is 5.32 Å². The van der Waals surface area contributed by atoms with Crippen molar-refractivity contribution < 1.29 is 13.9 Å². The molecule has 6 heteroatoms. The first-order valence-electron chi connectivity index (χ1n) is 6.79. The summed E-state index contributed by atoms with van der Waals surface area (Å²) < 4.78 is 10.7. The fourth-order valence-corrected chi connectivity index (χ4v) is 2.29. The molecule has 0 aliphatic carbocycles. The number of hydrogen-bond acceptors (Lipinski definition) is 5. The smallest absolute Gasteiger partial charge is 0.239 e. The summed E-state index contributed by atoms with van der Waals surface area (Å²) in [6, 6.07) is 9.09. The van der Waals surface area contributed by atoms with Gasteiger partial charge >= 0.3 is 0 Å². The van der Waals surface area contributed by atoms with Crippen LogP contribution in [0.25, 0.3) is 0 Å². The van der Waals surface area contributed by atoms with Crippen molar-refractivity contribution >= 4 is 17.3 Å². The van der Waals surface area contributed by atoms with Gasteiger partial charge < -0.3 is 25.1 Å². The van der Waals surface area contributed by atoms with E-state index >= 15 is 0 Å². The number of ether oxygens (including phenoxy) is 1. The molecule has 0 bridgehead atoms. The lowest BCUT2D eigenvalue weighted by molar-refractivity contribution is -0.120. The third-order valence-electron chi connectivity index (χ3n) is 3.32. The van der Waals surface area contributed by atoms with Crippen molar-refractivity contribution in [3.05, 3.63) is 42.4 Å². The topological polar surface area (TPSA) is 80.7 Å². The van der Waals surface area contributed by atoms with Crippen LogP contribution in [0.15, 0.2) is 41.0 Å². The van der Waals surface area contributed by atoms with Crippen molar-refractivity contribution in [2.75, 3.05) is 30.3 Å². The van der Waals surface area contributed by atoms with Crippen LogP contribution in [0, 0.1) is 0 Å². The van der Waals surface area contributed by atoms with Crippen molar-refractivity contribution in [2.24, 2.45) is 0 Å². The van der Waals surface area contributed by atoms with Gasteiger partial charge in [0.1, 0.15) is 18.1 Å². The number of amides is 1. The third kappa shape index (κ3) is 3.10. The van der Waals surface area contributed by atoms with E-state index in [1.54, 1.807) is 24.5 Å². The fraction of sp³-hybridized carbons (Fsp3) is 0.267. The number of rotatable bonds is 4. The molecule has 6 nitrogen and oxygen atoms in total. The SMILES string of the molecule is Nc1ccc2c(c1)OCCN2CC(=O)NCc1ccco1. The first-order valence-corrected chi connectivity index (χ1v) is 6.79. The summed E-state index contributed by atoms with van der Waals surface area (Å²) in [6.07, 6.45) is 1.59. The number of furan rings is 1. The van der Waals surface area contributed by atoms with Crippen LogP contribution in [0.1, 0.15) is 5.76 Å². The predicted octanol–water partition coefficient (Wildman–Crippen LogP) is 1.38. The van der Waals surface area contributed by atoms with E-state index in [0.29, 0.717) is 25.4 Å². The summed E-state index contributed by atoms with van der Waals surface area (Å²) >= 11 is 0. The number of carbonyl (C=O) groups excluding carboxylic acids is 1. The summed E-state index contributed by atoms with van der Waals surface area (Å²) in [5, 5.41) is 2.83. The maximum absolute atomic E-state index is 12.0. The molecule has 0 atom stereocenters. The van der Waals surface area contributed by atoms with E-state index in [1.807, 2.05) is 17.0 Å². The standard InChI is InChI=1S/C15H17N3O3/c16-11-3-4-13-14(8-11)21-7-5-18(13)10-15(19)17-9-12-2-1-6-20-12/h1-4,6,8H,5,7,9-10,16H2,(H,17,19). The third-order valence-corrected chi connectivity index (χ3v) is 3.32. The largest absolute Gasteiger partial charge is 0.489 e. The fourth-order valence-electron chi connectivity index (χ4n) is 2.29. The van der Waals surface area contributed by atoms with Gasteiger partial charge in [0.25, 0.3) is 0 Å². The maximum atomic E-state index is 12.0. The normalized spacial score (nSPS) is 13.4. The van der Waals surface area contributed by atoms with Crippen molar-refractivity contribution in [3.63, 3.8) is 0 Å². The number of fused-ring (bicyclic) bond motifs is 1. The molecule has 0 radical (unpaired) electrons. The van der Waals surface area contributed by atoms with Crippen molar-refractivity contribution in [1.29, 1.82) is 0 Å². The summed E-state index contributed by atoms with van der Waals surface area (Å²) in [6.45, 7) is 1.89. The summed E-state index contributed by atoms with van der Waals surface area (Å²) in [5.74, 6) is 1.40. The minimum absolute atomic E-state index is 0.0592. The Morgan fingerprint density at radius 1 is 1.38 bits per heavy atom. The molecule has 0 saturated heterocycles. The zero-order valence-electron chi connectivity index (χ0n) is 11.5. The molecular weight excluding hydrogens is 270 g/mol. The number of anilines is 2. The lowest BCUT2D eigenvalue weighted by Gasteiger charge is -2.30. The average molecular weight is 287 g/mol. The second-order valence-corrected chi connectivity index (χ2v) is 4.85. The van der Waals surface area contributed by atoms with Gasteiger partial charge in [-0.3, -0.25) is 4.79 Å². The molecule has 3 rings (SSSR count). The van der Waals surface area contributed by atoms with E-state index in [1.165, 1.54) is 0 Å². The van der Waals surface area contributed by atoms with Crippen molar-refractivity contribution in [3.8, 4) is 5.75 Å². The number of hydrogen-bond donors (Lipinski definition) is 2. The van der Waals surface area contributed by atoms with Gasteiger partial charge in [-0.1, -0.05) is 0 Å². The Bertz CT molecular complexity index is 625. The average Bonchev–Trinajstić information content (AvgIpc) is 2.98. The molecule has 110 valence electrons. The molecule has 2 heterocycles. The second-order valence-electron chi connectivity index (χ2n) is 4.85. The summed E-state index contributed by atoms with van der Waals surface area (Å²) in [5.41, 5.74) is 7.29. The Labute approximate surface area is 122 Å². The Hall–Kier alpha value is -2.63. The van der Waals surface area contributed by atoms with Gasteiger partial charge in [-0.15, -0.1) is 0 Å². The number of nitrogens with one attached hydrogen (secondary N) is 1. The Balaban J connectivity index is 1.62. The number of nitrogens with zero attached hydrogens (tertiary/aromatic N) is 1. The van der Waals surface area contributed by atoms with Crippen LogP contribution in [0.2, 0.25) is 0 Å². The first-order chi connectivity index (χ1) is 10.2. The quantitative estimate of drug-likeness (QED) is 0.830. The summed E-state index contributed by atoms with van der Waals surface area (Å²) in [7, 11) is 0. The molecule has 2 aromatic rings. The molecule has 3 N–H and O–H groups in total. The van der Waals surface area contributed by atoms with Crippen LogP contribution in [0.3, 0.4) is 0 Å². The predicted molar refractivity (Wildman–Crippen MR) is 79.1 cm³/mol. The van der Waals surface area contributed by atoms with Gasteiger partial charge in [0.2, 0.25) is 5.91 Å². The van der Waals surface area contributed by atoms with Gasteiger partial charge in [0.15, 0.2) is 0 Å². The minimum atomic E-state index is -0.0592. The molecule has 0 unspecified atom stereocenters. The van der Waals surface area contributed by atoms with E-state index < -0.39 is 0 Å². The Morgan fingerprint density at radius 2 is 2.29 bits per heavy atom. The lowest BCUT2D eigenvalue weighted by atomic mass is 10.2. The highest BCUT2D eigenvalue weighted by molar-refractivity contribution is 5.82. The zero-order valence-corrected chi connectivity index (χ0v) is 11.5.